The molecule has 1 fully saturated rings. The lowest BCUT2D eigenvalue weighted by molar-refractivity contribution is 0.289. The molecule has 2 nitrogen and oxygen atoms in total. The second kappa shape index (κ2) is 5.98. The average molecular weight is 287 g/mol. The molecule has 0 bridgehead atoms. The molecule has 0 unspecified atom stereocenters. The van der Waals surface area contributed by atoms with Crippen LogP contribution in [0.15, 0.2) is 35.0 Å². The maximum atomic E-state index is 5.20. The van der Waals surface area contributed by atoms with E-state index in [0.29, 0.717) is 12.0 Å². The highest BCUT2D eigenvalue weighted by atomic mass is 32.1. The molecule has 0 saturated heterocycles. The van der Waals surface area contributed by atoms with Crippen molar-refractivity contribution in [2.45, 2.75) is 38.3 Å². The van der Waals surface area contributed by atoms with Crippen LogP contribution in [0.3, 0.4) is 0 Å². The SMILES string of the molecule is COc1ccc(C2CC(NCc3cscc3C)C2)cc1. The van der Waals surface area contributed by atoms with Crippen LogP contribution in [0, 0.1) is 6.92 Å². The summed E-state index contributed by atoms with van der Waals surface area (Å²) in [7, 11) is 1.71. The first kappa shape index (κ1) is 13.7. The minimum absolute atomic E-state index is 0.668. The fourth-order valence-electron chi connectivity index (χ4n) is 2.75. The maximum absolute atomic E-state index is 5.20. The molecule has 0 radical (unpaired) electrons. The van der Waals surface area contributed by atoms with Gasteiger partial charge in [-0.05, 0) is 65.3 Å². The highest BCUT2D eigenvalue weighted by Gasteiger charge is 2.29. The van der Waals surface area contributed by atoms with Crippen molar-refractivity contribution < 1.29 is 4.74 Å². The summed E-state index contributed by atoms with van der Waals surface area (Å²) < 4.78 is 5.20. The van der Waals surface area contributed by atoms with Crippen molar-refractivity contribution in [1.82, 2.24) is 5.32 Å². The third-order valence-corrected chi connectivity index (χ3v) is 5.18. The van der Waals surface area contributed by atoms with E-state index in [1.54, 1.807) is 18.4 Å². The van der Waals surface area contributed by atoms with Gasteiger partial charge in [-0.15, -0.1) is 0 Å². The first-order chi connectivity index (χ1) is 9.76. The molecule has 1 aromatic carbocycles. The topological polar surface area (TPSA) is 21.3 Å². The van der Waals surface area contributed by atoms with Crippen LogP contribution in [-0.2, 0) is 6.54 Å². The van der Waals surface area contributed by atoms with Crippen molar-refractivity contribution in [3.8, 4) is 5.75 Å². The Bertz CT molecular complexity index is 555. The van der Waals surface area contributed by atoms with Gasteiger partial charge < -0.3 is 10.1 Å². The smallest absolute Gasteiger partial charge is 0.118 e. The van der Waals surface area contributed by atoms with Gasteiger partial charge in [-0.1, -0.05) is 12.1 Å². The summed E-state index contributed by atoms with van der Waals surface area (Å²) in [5, 5.41) is 8.14. The number of ether oxygens (including phenoxy) is 1. The Morgan fingerprint density at radius 2 is 1.95 bits per heavy atom. The maximum Gasteiger partial charge on any atom is 0.118 e. The normalized spacial score (nSPS) is 21.5. The molecule has 0 aliphatic heterocycles. The Hall–Kier alpha value is -1.32. The van der Waals surface area contributed by atoms with Crippen molar-refractivity contribution >= 4 is 11.3 Å². The Labute approximate surface area is 124 Å². The van der Waals surface area contributed by atoms with Gasteiger partial charge in [0.1, 0.15) is 5.75 Å². The first-order valence-corrected chi connectivity index (χ1v) is 8.09. The zero-order valence-electron chi connectivity index (χ0n) is 12.1. The standard InChI is InChI=1S/C17H21NOS/c1-12-10-20-11-15(12)9-18-16-7-14(8-16)13-3-5-17(19-2)6-4-13/h3-6,10-11,14,16,18H,7-9H2,1-2H3. The predicted molar refractivity (Wildman–Crippen MR) is 84.7 cm³/mol. The van der Waals surface area contributed by atoms with Gasteiger partial charge in [0.25, 0.3) is 0 Å². The molecule has 0 atom stereocenters. The summed E-state index contributed by atoms with van der Waals surface area (Å²) in [5.74, 6) is 1.65. The van der Waals surface area contributed by atoms with E-state index in [4.69, 9.17) is 4.74 Å². The summed E-state index contributed by atoms with van der Waals surface area (Å²) in [6.07, 6.45) is 2.49. The van der Waals surface area contributed by atoms with Crippen LogP contribution in [0.5, 0.6) is 5.75 Å². The van der Waals surface area contributed by atoms with Gasteiger partial charge in [-0.25, -0.2) is 0 Å². The third kappa shape index (κ3) is 2.89. The average Bonchev–Trinajstić information content (AvgIpc) is 2.83. The van der Waals surface area contributed by atoms with Gasteiger partial charge in [0, 0.05) is 12.6 Å². The van der Waals surface area contributed by atoms with E-state index in [0.717, 1.165) is 12.3 Å². The number of thiophene rings is 1. The van der Waals surface area contributed by atoms with E-state index < -0.39 is 0 Å². The van der Waals surface area contributed by atoms with Gasteiger partial charge >= 0.3 is 0 Å². The minimum Gasteiger partial charge on any atom is -0.497 e. The lowest BCUT2D eigenvalue weighted by atomic mass is 9.76. The second-order valence-corrected chi connectivity index (χ2v) is 6.34. The number of hydrogen-bond acceptors (Lipinski definition) is 3. The predicted octanol–water partition coefficient (Wildman–Crippen LogP) is 4.10. The van der Waals surface area contributed by atoms with Crippen LogP contribution in [0.4, 0.5) is 0 Å². The Kier molecular flexibility index (Phi) is 4.08. The summed E-state index contributed by atoms with van der Waals surface area (Å²) in [4.78, 5) is 0. The summed E-state index contributed by atoms with van der Waals surface area (Å²) >= 11 is 1.79. The highest BCUT2D eigenvalue weighted by Crippen LogP contribution is 2.37. The van der Waals surface area contributed by atoms with Crippen LogP contribution in [-0.4, -0.2) is 13.2 Å². The zero-order valence-corrected chi connectivity index (χ0v) is 12.9. The summed E-state index contributed by atoms with van der Waals surface area (Å²) in [5.41, 5.74) is 4.30. The fraction of sp³-hybridized carbons (Fsp3) is 0.412. The molecule has 1 saturated carbocycles. The quantitative estimate of drug-likeness (QED) is 0.894. The van der Waals surface area contributed by atoms with Crippen molar-refractivity contribution in [3.63, 3.8) is 0 Å². The Balaban J connectivity index is 1.47. The van der Waals surface area contributed by atoms with Crippen LogP contribution >= 0.6 is 11.3 Å². The highest BCUT2D eigenvalue weighted by molar-refractivity contribution is 7.08. The number of methoxy groups -OCH3 is 1. The Morgan fingerprint density at radius 3 is 2.55 bits per heavy atom. The lowest BCUT2D eigenvalue weighted by Gasteiger charge is -2.36. The fourth-order valence-corrected chi connectivity index (χ4v) is 3.61. The van der Waals surface area contributed by atoms with Gasteiger partial charge in [0.05, 0.1) is 7.11 Å². The molecule has 20 heavy (non-hydrogen) atoms. The minimum atomic E-state index is 0.668. The van der Waals surface area contributed by atoms with Crippen LogP contribution in [0.25, 0.3) is 0 Å². The molecule has 1 aliphatic rings. The van der Waals surface area contributed by atoms with Crippen molar-refractivity contribution in [1.29, 1.82) is 0 Å². The van der Waals surface area contributed by atoms with E-state index in [1.165, 1.54) is 29.5 Å². The molecular formula is C17H21NOS. The summed E-state index contributed by atoms with van der Waals surface area (Å²) in [6, 6.07) is 9.18. The molecule has 1 N–H and O–H groups in total. The number of nitrogens with one attached hydrogen (secondary N) is 1. The number of benzene rings is 1. The van der Waals surface area contributed by atoms with Gasteiger partial charge in [-0.2, -0.15) is 11.3 Å². The van der Waals surface area contributed by atoms with Gasteiger partial charge in [0.15, 0.2) is 0 Å². The third-order valence-electron chi connectivity index (χ3n) is 4.27. The molecule has 0 amide bonds. The van der Waals surface area contributed by atoms with Crippen molar-refractivity contribution in [2.24, 2.45) is 0 Å². The summed E-state index contributed by atoms with van der Waals surface area (Å²) in [6.45, 7) is 3.20. The molecule has 3 heteroatoms. The van der Waals surface area contributed by atoms with Crippen molar-refractivity contribution in [2.75, 3.05) is 7.11 Å². The van der Waals surface area contributed by atoms with Crippen LogP contribution in [0.1, 0.15) is 35.4 Å². The van der Waals surface area contributed by atoms with E-state index in [2.05, 4.69) is 47.3 Å². The van der Waals surface area contributed by atoms with E-state index in [1.807, 2.05) is 0 Å². The first-order valence-electron chi connectivity index (χ1n) is 7.15. The van der Waals surface area contributed by atoms with Gasteiger partial charge in [-0.3, -0.25) is 0 Å². The van der Waals surface area contributed by atoms with E-state index in [-0.39, 0.29) is 0 Å². The molecule has 3 rings (SSSR count). The number of aryl methyl sites for hydroxylation is 1. The lowest BCUT2D eigenvalue weighted by Crippen LogP contribution is -2.39. The second-order valence-electron chi connectivity index (χ2n) is 5.60. The molecule has 1 aromatic heterocycles. The monoisotopic (exact) mass is 287 g/mol. The van der Waals surface area contributed by atoms with E-state index in [9.17, 15) is 0 Å². The zero-order chi connectivity index (χ0) is 13.9. The van der Waals surface area contributed by atoms with Gasteiger partial charge in [0.2, 0.25) is 0 Å². The molecule has 1 heterocycles. The number of rotatable bonds is 5. The van der Waals surface area contributed by atoms with Crippen LogP contribution in [0.2, 0.25) is 0 Å². The largest absolute Gasteiger partial charge is 0.497 e. The molecule has 1 aliphatic carbocycles. The van der Waals surface area contributed by atoms with Crippen molar-refractivity contribution in [3.05, 3.63) is 51.7 Å². The van der Waals surface area contributed by atoms with E-state index >= 15 is 0 Å². The molecule has 0 spiro atoms. The number of hydrogen-bond donors (Lipinski definition) is 1. The molecular weight excluding hydrogens is 266 g/mol. The van der Waals surface area contributed by atoms with Crippen LogP contribution < -0.4 is 10.1 Å². The molecule has 2 aromatic rings. The molecule has 106 valence electrons. The Morgan fingerprint density at radius 1 is 1.20 bits per heavy atom.